The van der Waals surface area contributed by atoms with Crippen LogP contribution in [0.3, 0.4) is 0 Å². The van der Waals surface area contributed by atoms with Gasteiger partial charge in [-0.15, -0.1) is 0 Å². The molecule has 0 aliphatic carbocycles. The molecule has 0 fully saturated rings. The van der Waals surface area contributed by atoms with E-state index in [1.54, 1.807) is 18.2 Å². The first-order valence-electron chi connectivity index (χ1n) is 8.06. The topological polar surface area (TPSA) is 96.9 Å². The Hall–Kier alpha value is -2.84. The number of carbonyl (C=O) groups excluding carboxylic acids is 2. The van der Waals surface area contributed by atoms with Crippen molar-refractivity contribution >= 4 is 29.1 Å². The fourth-order valence-corrected chi connectivity index (χ4v) is 2.63. The molecule has 2 amide bonds. The summed E-state index contributed by atoms with van der Waals surface area (Å²) in [5.41, 5.74) is 0.806. The van der Waals surface area contributed by atoms with Crippen LogP contribution in [0.1, 0.15) is 18.1 Å². The van der Waals surface area contributed by atoms with Crippen LogP contribution in [0, 0.1) is 5.82 Å². The molecule has 3 N–H and O–H groups in total. The summed E-state index contributed by atoms with van der Waals surface area (Å²) < 4.78 is 23.5. The number of hydrogen-bond donors (Lipinski definition) is 3. The van der Waals surface area contributed by atoms with E-state index >= 15 is 0 Å². The van der Waals surface area contributed by atoms with Gasteiger partial charge >= 0.3 is 11.8 Å². The van der Waals surface area contributed by atoms with Crippen molar-refractivity contribution in [3.8, 4) is 11.5 Å². The van der Waals surface area contributed by atoms with Crippen molar-refractivity contribution in [3.05, 3.63) is 52.8 Å². The first kappa shape index (κ1) is 18.9. The molecule has 1 atom stereocenters. The minimum Gasteiger partial charge on any atom is -0.454 e. The maximum Gasteiger partial charge on any atom is 0.313 e. The Morgan fingerprint density at radius 1 is 1.15 bits per heavy atom. The highest BCUT2D eigenvalue weighted by atomic mass is 35.5. The Morgan fingerprint density at radius 2 is 1.93 bits per heavy atom. The van der Waals surface area contributed by atoms with E-state index in [0.29, 0.717) is 17.1 Å². The van der Waals surface area contributed by atoms with Crippen molar-refractivity contribution in [2.24, 2.45) is 0 Å². The summed E-state index contributed by atoms with van der Waals surface area (Å²) in [6.07, 6.45) is -0.653. The fraction of sp³-hybridized carbons (Fsp3) is 0.222. The summed E-state index contributed by atoms with van der Waals surface area (Å²) in [5.74, 6) is -1.27. The van der Waals surface area contributed by atoms with Crippen LogP contribution in [0.15, 0.2) is 36.4 Å². The van der Waals surface area contributed by atoms with Gasteiger partial charge in [0.25, 0.3) is 0 Å². The molecule has 1 aliphatic heterocycles. The van der Waals surface area contributed by atoms with E-state index in [-0.39, 0.29) is 30.5 Å². The highest BCUT2D eigenvalue weighted by Gasteiger charge is 2.18. The van der Waals surface area contributed by atoms with Crippen LogP contribution < -0.4 is 20.1 Å². The third-order valence-electron chi connectivity index (χ3n) is 3.87. The van der Waals surface area contributed by atoms with Crippen molar-refractivity contribution in [2.45, 2.75) is 12.5 Å². The lowest BCUT2D eigenvalue weighted by atomic mass is 10.1. The summed E-state index contributed by atoms with van der Waals surface area (Å²) in [6.45, 7) is 0.214. The molecule has 0 radical (unpaired) electrons. The van der Waals surface area contributed by atoms with Gasteiger partial charge in [0.2, 0.25) is 6.79 Å². The third-order valence-corrected chi connectivity index (χ3v) is 4.16. The number of rotatable bonds is 5. The average molecular weight is 395 g/mol. The van der Waals surface area contributed by atoms with Gasteiger partial charge in [-0.05, 0) is 42.3 Å². The van der Waals surface area contributed by atoms with Crippen LogP contribution >= 0.6 is 11.6 Å². The zero-order chi connectivity index (χ0) is 19.4. The number of anilines is 1. The van der Waals surface area contributed by atoms with Crippen LogP contribution in [0.4, 0.5) is 10.1 Å². The van der Waals surface area contributed by atoms with Crippen molar-refractivity contribution in [1.29, 1.82) is 0 Å². The standard InChI is InChI=1S/C18H16ClFN2O5/c19-12-8-11(2-3-13(12)20)22-18(25)17(24)21-6-5-14(23)10-1-4-15-16(7-10)27-9-26-15/h1-4,7-8,14,23H,5-6,9H2,(H,21,24)(H,22,25)/t14-/m1/s1. The number of carbonyl (C=O) groups is 2. The largest absolute Gasteiger partial charge is 0.454 e. The Morgan fingerprint density at radius 3 is 2.70 bits per heavy atom. The number of halogens is 2. The number of ether oxygens (including phenoxy) is 2. The zero-order valence-corrected chi connectivity index (χ0v) is 14.8. The molecule has 27 heavy (non-hydrogen) atoms. The quantitative estimate of drug-likeness (QED) is 0.676. The highest BCUT2D eigenvalue weighted by molar-refractivity contribution is 6.39. The number of aliphatic hydroxyl groups excluding tert-OH is 1. The maximum absolute atomic E-state index is 13.1. The highest BCUT2D eigenvalue weighted by Crippen LogP contribution is 2.34. The minimum atomic E-state index is -0.921. The summed E-state index contributed by atoms with van der Waals surface area (Å²) in [6, 6.07) is 8.63. The van der Waals surface area contributed by atoms with Crippen molar-refractivity contribution in [1.82, 2.24) is 5.32 Å². The Bertz CT molecular complexity index is 877. The third kappa shape index (κ3) is 4.66. The van der Waals surface area contributed by atoms with Crippen molar-refractivity contribution in [3.63, 3.8) is 0 Å². The van der Waals surface area contributed by atoms with Gasteiger partial charge in [-0.2, -0.15) is 0 Å². The molecule has 2 aromatic carbocycles. The number of fused-ring (bicyclic) bond motifs is 1. The molecule has 0 bridgehead atoms. The SMILES string of the molecule is O=C(NCC[C@@H](O)c1ccc2c(c1)OCO2)C(=O)Nc1ccc(F)c(Cl)c1. The summed E-state index contributed by atoms with van der Waals surface area (Å²) in [4.78, 5) is 23.7. The van der Waals surface area contributed by atoms with Gasteiger partial charge in [0.05, 0.1) is 11.1 Å². The molecule has 0 aromatic heterocycles. The smallest absolute Gasteiger partial charge is 0.313 e. The van der Waals surface area contributed by atoms with Gasteiger partial charge in [-0.3, -0.25) is 9.59 Å². The molecule has 0 unspecified atom stereocenters. The summed E-state index contributed by atoms with van der Waals surface area (Å²) in [7, 11) is 0. The Labute approximate surface area is 159 Å². The monoisotopic (exact) mass is 394 g/mol. The Kier molecular flexibility index (Phi) is 5.78. The van der Waals surface area contributed by atoms with E-state index in [1.165, 1.54) is 12.1 Å². The van der Waals surface area contributed by atoms with E-state index in [0.717, 1.165) is 6.07 Å². The van der Waals surface area contributed by atoms with E-state index in [2.05, 4.69) is 10.6 Å². The van der Waals surface area contributed by atoms with E-state index in [9.17, 15) is 19.1 Å². The number of benzene rings is 2. The average Bonchev–Trinajstić information content (AvgIpc) is 3.12. The maximum atomic E-state index is 13.1. The van der Waals surface area contributed by atoms with Gasteiger partial charge in [0.1, 0.15) is 5.82 Å². The summed E-state index contributed by atoms with van der Waals surface area (Å²) >= 11 is 5.62. The lowest BCUT2D eigenvalue weighted by Crippen LogP contribution is -2.36. The molecule has 142 valence electrons. The second kappa shape index (κ2) is 8.24. The second-order valence-corrected chi connectivity index (χ2v) is 6.16. The van der Waals surface area contributed by atoms with E-state index in [4.69, 9.17) is 21.1 Å². The predicted octanol–water partition coefficient (Wildman–Crippen LogP) is 2.39. The molecule has 9 heteroatoms. The van der Waals surface area contributed by atoms with Crippen LogP contribution in [0.2, 0.25) is 5.02 Å². The molecular weight excluding hydrogens is 379 g/mol. The van der Waals surface area contributed by atoms with Crippen molar-refractivity contribution < 1.29 is 28.6 Å². The number of nitrogens with one attached hydrogen (secondary N) is 2. The number of aliphatic hydroxyl groups is 1. The van der Waals surface area contributed by atoms with Gasteiger partial charge in [0.15, 0.2) is 11.5 Å². The molecular formula is C18H16ClFN2O5. The molecule has 7 nitrogen and oxygen atoms in total. The van der Waals surface area contributed by atoms with Crippen LogP contribution in [0.25, 0.3) is 0 Å². The molecule has 0 saturated heterocycles. The molecule has 2 aromatic rings. The van der Waals surface area contributed by atoms with Gasteiger partial charge in [-0.25, -0.2) is 4.39 Å². The van der Waals surface area contributed by atoms with Gasteiger partial charge in [-0.1, -0.05) is 17.7 Å². The predicted molar refractivity (Wildman–Crippen MR) is 95.2 cm³/mol. The lowest BCUT2D eigenvalue weighted by Gasteiger charge is -2.12. The number of amides is 2. The molecule has 1 aliphatic rings. The first-order valence-corrected chi connectivity index (χ1v) is 8.43. The Balaban J connectivity index is 1.47. The minimum absolute atomic E-state index is 0.0754. The second-order valence-electron chi connectivity index (χ2n) is 5.76. The number of hydrogen-bond acceptors (Lipinski definition) is 5. The van der Waals surface area contributed by atoms with Crippen LogP contribution in [0.5, 0.6) is 11.5 Å². The van der Waals surface area contributed by atoms with Crippen LogP contribution in [-0.2, 0) is 9.59 Å². The van der Waals surface area contributed by atoms with Crippen molar-refractivity contribution in [2.75, 3.05) is 18.7 Å². The van der Waals surface area contributed by atoms with Gasteiger partial charge < -0.3 is 25.2 Å². The van der Waals surface area contributed by atoms with E-state index < -0.39 is 23.7 Å². The van der Waals surface area contributed by atoms with Crippen LogP contribution in [-0.4, -0.2) is 30.3 Å². The van der Waals surface area contributed by atoms with E-state index in [1.807, 2.05) is 0 Å². The molecule has 3 rings (SSSR count). The molecule has 0 spiro atoms. The van der Waals surface area contributed by atoms with Gasteiger partial charge in [0, 0.05) is 12.2 Å². The fourth-order valence-electron chi connectivity index (χ4n) is 2.45. The lowest BCUT2D eigenvalue weighted by molar-refractivity contribution is -0.136. The summed E-state index contributed by atoms with van der Waals surface area (Å²) in [5, 5.41) is 14.8. The first-order chi connectivity index (χ1) is 12.9. The molecule has 1 heterocycles. The normalized spacial score (nSPS) is 13.1. The zero-order valence-electron chi connectivity index (χ0n) is 14.0. The molecule has 0 saturated carbocycles.